The molecule has 0 aliphatic carbocycles. The Hall–Kier alpha value is -1.75. The molecule has 0 radical (unpaired) electrons. The van der Waals surface area contributed by atoms with Gasteiger partial charge >= 0.3 is 0 Å². The van der Waals surface area contributed by atoms with Gasteiger partial charge in [-0.25, -0.2) is 0 Å². The highest BCUT2D eigenvalue weighted by molar-refractivity contribution is 5.82. The number of aromatic nitrogens is 1. The molecule has 0 saturated heterocycles. The summed E-state index contributed by atoms with van der Waals surface area (Å²) in [5, 5.41) is 10.0. The lowest BCUT2D eigenvalue weighted by atomic mass is 10.1. The van der Waals surface area contributed by atoms with Gasteiger partial charge in [0, 0.05) is 18.8 Å². The Kier molecular flexibility index (Phi) is 1.60. The molecule has 0 saturated carbocycles. The summed E-state index contributed by atoms with van der Waals surface area (Å²) in [6, 6.07) is 8.23. The fourth-order valence-electron chi connectivity index (χ4n) is 1.55. The number of aryl methyl sites for hydroxylation is 2. The van der Waals surface area contributed by atoms with Crippen LogP contribution in [0.4, 0.5) is 0 Å². The molecular formula is C11H10N2. The van der Waals surface area contributed by atoms with Crippen molar-refractivity contribution in [2.45, 2.75) is 6.92 Å². The normalized spacial score (nSPS) is 10.2. The zero-order chi connectivity index (χ0) is 9.42. The average molecular weight is 170 g/mol. The second-order valence-electron chi connectivity index (χ2n) is 3.26. The van der Waals surface area contributed by atoms with Gasteiger partial charge in [-0.2, -0.15) is 5.26 Å². The molecule has 2 heteroatoms. The van der Waals surface area contributed by atoms with Gasteiger partial charge in [0.15, 0.2) is 0 Å². The highest BCUT2D eigenvalue weighted by Gasteiger charge is 2.02. The quantitative estimate of drug-likeness (QED) is 0.596. The summed E-state index contributed by atoms with van der Waals surface area (Å²) < 4.78 is 2.02. The molecule has 0 unspecified atom stereocenters. The standard InChI is InChI=1S/C11H10N2/c1-8-5-9-3-4-13(2)11(9)6-10(8)7-12/h3-6H,1-2H3. The fraction of sp³-hybridized carbons (Fsp3) is 0.182. The number of nitrogens with zero attached hydrogens (tertiary/aromatic N) is 2. The van der Waals surface area contributed by atoms with Gasteiger partial charge in [0.2, 0.25) is 0 Å². The van der Waals surface area contributed by atoms with Crippen LogP contribution in [0.5, 0.6) is 0 Å². The molecule has 1 heterocycles. The predicted molar refractivity (Wildman–Crippen MR) is 52.4 cm³/mol. The van der Waals surface area contributed by atoms with Crippen LogP contribution >= 0.6 is 0 Å². The van der Waals surface area contributed by atoms with E-state index in [0.29, 0.717) is 0 Å². The van der Waals surface area contributed by atoms with Crippen molar-refractivity contribution in [2.24, 2.45) is 7.05 Å². The third-order valence-electron chi connectivity index (χ3n) is 2.35. The molecule has 0 aliphatic heterocycles. The minimum atomic E-state index is 0.759. The Morgan fingerprint density at radius 3 is 2.85 bits per heavy atom. The molecule has 1 aromatic heterocycles. The van der Waals surface area contributed by atoms with E-state index in [2.05, 4.69) is 12.1 Å². The van der Waals surface area contributed by atoms with Crippen LogP contribution in [0.15, 0.2) is 24.4 Å². The lowest BCUT2D eigenvalue weighted by Gasteiger charge is -1.99. The summed E-state index contributed by atoms with van der Waals surface area (Å²) in [5.41, 5.74) is 2.91. The first-order chi connectivity index (χ1) is 6.22. The van der Waals surface area contributed by atoms with Gasteiger partial charge in [-0.15, -0.1) is 0 Å². The van der Waals surface area contributed by atoms with Crippen LogP contribution in [-0.2, 0) is 7.05 Å². The summed E-state index contributed by atoms with van der Waals surface area (Å²) in [5.74, 6) is 0. The smallest absolute Gasteiger partial charge is 0.0995 e. The highest BCUT2D eigenvalue weighted by atomic mass is 14.9. The molecule has 0 spiro atoms. The van der Waals surface area contributed by atoms with Crippen LogP contribution in [-0.4, -0.2) is 4.57 Å². The lowest BCUT2D eigenvalue weighted by Crippen LogP contribution is -1.87. The number of nitriles is 1. The third-order valence-corrected chi connectivity index (χ3v) is 2.35. The predicted octanol–water partition coefficient (Wildman–Crippen LogP) is 2.36. The summed E-state index contributed by atoms with van der Waals surface area (Å²) in [4.78, 5) is 0. The van der Waals surface area contributed by atoms with Crippen molar-refractivity contribution >= 4 is 10.9 Å². The van der Waals surface area contributed by atoms with Crippen LogP contribution in [0, 0.1) is 18.3 Å². The molecule has 13 heavy (non-hydrogen) atoms. The Morgan fingerprint density at radius 2 is 2.15 bits per heavy atom. The molecule has 2 nitrogen and oxygen atoms in total. The maximum absolute atomic E-state index is 8.85. The molecule has 0 bridgehead atoms. The first-order valence-electron chi connectivity index (χ1n) is 4.18. The third kappa shape index (κ3) is 1.09. The summed E-state index contributed by atoms with van der Waals surface area (Å²) in [6.07, 6.45) is 2.01. The van der Waals surface area contributed by atoms with Crippen LogP contribution in [0.25, 0.3) is 10.9 Å². The monoisotopic (exact) mass is 170 g/mol. The van der Waals surface area contributed by atoms with Crippen LogP contribution in [0.2, 0.25) is 0 Å². The van der Waals surface area contributed by atoms with Gasteiger partial charge < -0.3 is 4.57 Å². The fourth-order valence-corrected chi connectivity index (χ4v) is 1.55. The lowest BCUT2D eigenvalue weighted by molar-refractivity contribution is 0.969. The van der Waals surface area contributed by atoms with Crippen molar-refractivity contribution in [1.29, 1.82) is 5.26 Å². The van der Waals surface area contributed by atoms with Gasteiger partial charge in [-0.05, 0) is 36.1 Å². The van der Waals surface area contributed by atoms with Crippen LogP contribution < -0.4 is 0 Å². The summed E-state index contributed by atoms with van der Waals surface area (Å²) in [7, 11) is 1.98. The van der Waals surface area contributed by atoms with E-state index in [0.717, 1.165) is 16.6 Å². The van der Waals surface area contributed by atoms with Crippen LogP contribution in [0.3, 0.4) is 0 Å². The van der Waals surface area contributed by atoms with Crippen molar-refractivity contribution in [3.63, 3.8) is 0 Å². The maximum Gasteiger partial charge on any atom is 0.0995 e. The Morgan fingerprint density at radius 1 is 1.38 bits per heavy atom. The Labute approximate surface area is 77.0 Å². The van der Waals surface area contributed by atoms with E-state index in [9.17, 15) is 0 Å². The minimum Gasteiger partial charge on any atom is -0.351 e. The highest BCUT2D eigenvalue weighted by Crippen LogP contribution is 2.19. The van der Waals surface area contributed by atoms with Crippen molar-refractivity contribution in [1.82, 2.24) is 4.57 Å². The topological polar surface area (TPSA) is 28.7 Å². The van der Waals surface area contributed by atoms with Gasteiger partial charge in [-0.3, -0.25) is 0 Å². The van der Waals surface area contributed by atoms with Gasteiger partial charge in [0.25, 0.3) is 0 Å². The summed E-state index contributed by atoms with van der Waals surface area (Å²) >= 11 is 0. The molecule has 0 amide bonds. The molecule has 0 atom stereocenters. The first-order valence-corrected chi connectivity index (χ1v) is 4.18. The van der Waals surface area contributed by atoms with E-state index >= 15 is 0 Å². The largest absolute Gasteiger partial charge is 0.351 e. The van der Waals surface area contributed by atoms with E-state index in [1.54, 1.807) is 0 Å². The molecular weight excluding hydrogens is 160 g/mol. The van der Waals surface area contributed by atoms with E-state index in [4.69, 9.17) is 5.26 Å². The number of rotatable bonds is 0. The van der Waals surface area contributed by atoms with Crippen LogP contribution in [0.1, 0.15) is 11.1 Å². The zero-order valence-electron chi connectivity index (χ0n) is 7.70. The molecule has 0 fully saturated rings. The molecule has 0 N–H and O–H groups in total. The van der Waals surface area contributed by atoms with Gasteiger partial charge in [0.05, 0.1) is 11.6 Å². The number of hydrogen-bond acceptors (Lipinski definition) is 1. The first kappa shape index (κ1) is 7.88. The molecule has 2 aromatic rings. The Balaban J connectivity index is 2.86. The number of fused-ring (bicyclic) bond motifs is 1. The molecule has 0 aliphatic rings. The van der Waals surface area contributed by atoms with E-state index in [1.165, 1.54) is 5.39 Å². The van der Waals surface area contributed by atoms with Crippen molar-refractivity contribution in [2.75, 3.05) is 0 Å². The minimum absolute atomic E-state index is 0.759. The molecule has 2 rings (SSSR count). The SMILES string of the molecule is Cc1cc2ccn(C)c2cc1C#N. The average Bonchev–Trinajstić information content (AvgIpc) is 2.46. The zero-order valence-corrected chi connectivity index (χ0v) is 7.70. The molecule has 64 valence electrons. The van der Waals surface area contributed by atoms with E-state index < -0.39 is 0 Å². The number of benzene rings is 1. The van der Waals surface area contributed by atoms with Gasteiger partial charge in [0.1, 0.15) is 0 Å². The van der Waals surface area contributed by atoms with E-state index in [-0.39, 0.29) is 0 Å². The van der Waals surface area contributed by atoms with Crippen molar-refractivity contribution in [3.8, 4) is 6.07 Å². The van der Waals surface area contributed by atoms with Crippen molar-refractivity contribution in [3.05, 3.63) is 35.5 Å². The van der Waals surface area contributed by atoms with Gasteiger partial charge in [-0.1, -0.05) is 0 Å². The molecule has 1 aromatic carbocycles. The second-order valence-corrected chi connectivity index (χ2v) is 3.26. The second kappa shape index (κ2) is 2.63. The summed E-state index contributed by atoms with van der Waals surface area (Å²) in [6.45, 7) is 1.96. The van der Waals surface area contributed by atoms with Crippen molar-refractivity contribution < 1.29 is 0 Å². The number of hydrogen-bond donors (Lipinski definition) is 0. The Bertz CT molecular complexity index is 501. The maximum atomic E-state index is 8.85. The van der Waals surface area contributed by atoms with E-state index in [1.807, 2.05) is 36.9 Å².